The van der Waals surface area contributed by atoms with Gasteiger partial charge in [0.2, 0.25) is 0 Å². The Labute approximate surface area is 176 Å². The van der Waals surface area contributed by atoms with Gasteiger partial charge in [0.1, 0.15) is 0 Å². The Morgan fingerprint density at radius 1 is 1.00 bits per heavy atom. The monoisotopic (exact) mass is 406 g/mol. The maximum atomic E-state index is 11.5. The molecule has 0 amide bonds. The smallest absolute Gasteiger partial charge is 0.303 e. The SMILES string of the molecule is C[C@H](CCC(=O)O)[C@H]1CC[C@H]2C3[C@H](O)[C@H](C)C4C[C@H](O)CC[C@]4(C)[C@H]3CCC12C. The van der Waals surface area contributed by atoms with Gasteiger partial charge in [0.05, 0.1) is 12.2 Å². The average molecular weight is 407 g/mol. The molecule has 0 aromatic carbocycles. The van der Waals surface area contributed by atoms with Crippen LogP contribution >= 0.6 is 0 Å². The summed E-state index contributed by atoms with van der Waals surface area (Å²) in [5.41, 5.74) is 0.480. The quantitative estimate of drug-likeness (QED) is 0.631. The number of rotatable bonds is 4. The van der Waals surface area contributed by atoms with E-state index in [1.165, 1.54) is 25.7 Å². The molecule has 4 nitrogen and oxygen atoms in total. The normalized spacial score (nSPS) is 52.9. The lowest BCUT2D eigenvalue weighted by Crippen LogP contribution is -2.61. The molecule has 0 heterocycles. The summed E-state index contributed by atoms with van der Waals surface area (Å²) in [4.78, 5) is 11.1. The van der Waals surface area contributed by atoms with Gasteiger partial charge < -0.3 is 15.3 Å². The van der Waals surface area contributed by atoms with E-state index in [0.717, 1.165) is 25.7 Å². The molecular weight excluding hydrogens is 364 g/mol. The van der Waals surface area contributed by atoms with Gasteiger partial charge >= 0.3 is 5.97 Å². The van der Waals surface area contributed by atoms with Crippen LogP contribution in [-0.4, -0.2) is 33.5 Å². The molecule has 3 N–H and O–H groups in total. The lowest BCUT2D eigenvalue weighted by Gasteiger charge is -2.64. The van der Waals surface area contributed by atoms with Gasteiger partial charge in [0.25, 0.3) is 0 Å². The minimum Gasteiger partial charge on any atom is -0.481 e. The highest BCUT2D eigenvalue weighted by Gasteiger charge is 2.64. The molecule has 0 spiro atoms. The Morgan fingerprint density at radius 2 is 1.66 bits per heavy atom. The summed E-state index contributed by atoms with van der Waals surface area (Å²) in [5, 5.41) is 31.0. The fraction of sp³-hybridized carbons (Fsp3) is 0.960. The van der Waals surface area contributed by atoms with E-state index in [0.29, 0.717) is 35.5 Å². The fourth-order valence-corrected chi connectivity index (χ4v) is 9.18. The Bertz CT molecular complexity index is 634. The largest absolute Gasteiger partial charge is 0.481 e. The number of carbonyl (C=O) groups is 1. The van der Waals surface area contributed by atoms with Crippen LogP contribution in [0.2, 0.25) is 0 Å². The van der Waals surface area contributed by atoms with E-state index in [1.54, 1.807) is 0 Å². The maximum absolute atomic E-state index is 11.5. The molecule has 3 unspecified atom stereocenters. The molecule has 0 aliphatic heterocycles. The minimum atomic E-state index is -0.685. The Morgan fingerprint density at radius 3 is 2.34 bits per heavy atom. The molecule has 4 aliphatic carbocycles. The Balaban J connectivity index is 1.59. The van der Waals surface area contributed by atoms with Crippen molar-refractivity contribution in [3.05, 3.63) is 0 Å². The van der Waals surface area contributed by atoms with Crippen LogP contribution < -0.4 is 0 Å². The van der Waals surface area contributed by atoms with Crippen molar-refractivity contribution in [3.8, 4) is 0 Å². The van der Waals surface area contributed by atoms with E-state index in [1.807, 2.05) is 0 Å². The highest BCUT2D eigenvalue weighted by atomic mass is 16.4. The molecular formula is C25H42O4. The van der Waals surface area contributed by atoms with Crippen LogP contribution in [0.1, 0.15) is 85.5 Å². The fourth-order valence-electron chi connectivity index (χ4n) is 9.18. The second-order valence-corrected chi connectivity index (χ2v) is 11.8. The van der Waals surface area contributed by atoms with E-state index in [9.17, 15) is 15.0 Å². The van der Waals surface area contributed by atoms with E-state index >= 15 is 0 Å². The van der Waals surface area contributed by atoms with Crippen LogP contribution in [0.15, 0.2) is 0 Å². The van der Waals surface area contributed by atoms with E-state index in [-0.39, 0.29) is 35.4 Å². The topological polar surface area (TPSA) is 77.8 Å². The number of aliphatic carboxylic acids is 1. The van der Waals surface area contributed by atoms with Gasteiger partial charge in [0.15, 0.2) is 0 Å². The first-order valence-corrected chi connectivity index (χ1v) is 12.2. The van der Waals surface area contributed by atoms with Crippen LogP contribution in [-0.2, 0) is 4.79 Å². The summed E-state index contributed by atoms with van der Waals surface area (Å²) in [6, 6.07) is 0. The Kier molecular flexibility index (Phi) is 5.60. The van der Waals surface area contributed by atoms with Crippen molar-refractivity contribution in [1.82, 2.24) is 0 Å². The van der Waals surface area contributed by atoms with Crippen LogP contribution in [0.3, 0.4) is 0 Å². The predicted molar refractivity (Wildman–Crippen MR) is 113 cm³/mol. The number of aliphatic hydroxyl groups excluding tert-OH is 2. The molecule has 4 saturated carbocycles. The highest BCUT2D eigenvalue weighted by Crippen LogP contribution is 2.69. The lowest BCUT2D eigenvalue weighted by atomic mass is 9.42. The first-order valence-electron chi connectivity index (χ1n) is 12.2. The zero-order valence-corrected chi connectivity index (χ0v) is 18.8. The molecule has 166 valence electrons. The summed E-state index contributed by atoms with van der Waals surface area (Å²) in [6.45, 7) is 9.41. The molecule has 29 heavy (non-hydrogen) atoms. The lowest BCUT2D eigenvalue weighted by molar-refractivity contribution is -0.199. The van der Waals surface area contributed by atoms with Crippen LogP contribution in [0, 0.1) is 52.3 Å². The third-order valence-corrected chi connectivity index (χ3v) is 10.7. The summed E-state index contributed by atoms with van der Waals surface area (Å²) >= 11 is 0. The highest BCUT2D eigenvalue weighted by molar-refractivity contribution is 5.66. The van der Waals surface area contributed by atoms with Crippen LogP contribution in [0.25, 0.3) is 0 Å². The number of hydrogen-bond donors (Lipinski definition) is 3. The maximum Gasteiger partial charge on any atom is 0.303 e. The summed E-state index contributed by atoms with van der Waals surface area (Å²) in [7, 11) is 0. The van der Waals surface area contributed by atoms with Gasteiger partial charge in [0, 0.05) is 6.42 Å². The number of aliphatic hydroxyl groups is 2. The second-order valence-electron chi connectivity index (χ2n) is 11.8. The molecule has 0 saturated heterocycles. The van der Waals surface area contributed by atoms with Gasteiger partial charge in [-0.05, 0) is 104 Å². The van der Waals surface area contributed by atoms with Crippen molar-refractivity contribution in [1.29, 1.82) is 0 Å². The van der Waals surface area contributed by atoms with Gasteiger partial charge in [-0.3, -0.25) is 4.79 Å². The van der Waals surface area contributed by atoms with Gasteiger partial charge in [-0.1, -0.05) is 27.7 Å². The predicted octanol–water partition coefficient (Wildman–Crippen LogP) is 4.72. The third-order valence-electron chi connectivity index (χ3n) is 10.7. The van der Waals surface area contributed by atoms with Crippen molar-refractivity contribution < 1.29 is 20.1 Å². The van der Waals surface area contributed by atoms with Crippen molar-refractivity contribution in [2.24, 2.45) is 52.3 Å². The van der Waals surface area contributed by atoms with Gasteiger partial charge in [-0.15, -0.1) is 0 Å². The Hall–Kier alpha value is -0.610. The van der Waals surface area contributed by atoms with Crippen LogP contribution in [0.5, 0.6) is 0 Å². The number of carboxylic acids is 1. The second kappa shape index (κ2) is 7.51. The molecule has 0 aromatic heterocycles. The first kappa shape index (κ1) is 21.6. The summed E-state index contributed by atoms with van der Waals surface area (Å²) < 4.78 is 0. The third kappa shape index (κ3) is 3.28. The summed E-state index contributed by atoms with van der Waals surface area (Å²) in [5.74, 6) is 2.50. The van der Waals surface area contributed by atoms with Crippen LogP contribution in [0.4, 0.5) is 0 Å². The van der Waals surface area contributed by atoms with Crippen molar-refractivity contribution in [3.63, 3.8) is 0 Å². The zero-order valence-electron chi connectivity index (χ0n) is 18.8. The molecule has 11 atom stereocenters. The molecule has 4 heteroatoms. The average Bonchev–Trinajstić information content (AvgIpc) is 3.02. The number of hydrogen-bond acceptors (Lipinski definition) is 3. The molecule has 4 rings (SSSR count). The van der Waals surface area contributed by atoms with E-state index in [4.69, 9.17) is 5.11 Å². The summed E-state index contributed by atoms with van der Waals surface area (Å²) in [6.07, 6.45) is 8.22. The number of fused-ring (bicyclic) bond motifs is 5. The van der Waals surface area contributed by atoms with Crippen molar-refractivity contribution in [2.75, 3.05) is 0 Å². The van der Waals surface area contributed by atoms with Crippen molar-refractivity contribution >= 4 is 5.97 Å². The van der Waals surface area contributed by atoms with Gasteiger partial charge in [-0.2, -0.15) is 0 Å². The van der Waals surface area contributed by atoms with E-state index < -0.39 is 5.97 Å². The minimum absolute atomic E-state index is 0.195. The zero-order chi connectivity index (χ0) is 21.1. The standard InChI is InChI=1S/C25H42O4/c1-14(5-8-21(27)28)17-6-7-18-22-19(10-12-24(17,18)3)25(4)11-9-16(26)13-20(25)15(2)23(22)29/h14-20,22-23,26,29H,5-13H2,1-4H3,(H,27,28)/t14-,15-,16-,17-,18+,19+,20?,22?,23-,24?,25-/m1/s1. The number of carboxylic acid groups (broad SMARTS) is 1. The van der Waals surface area contributed by atoms with Gasteiger partial charge in [-0.25, -0.2) is 0 Å². The molecule has 0 aromatic rings. The van der Waals surface area contributed by atoms with E-state index in [2.05, 4.69) is 27.7 Å². The first-order chi connectivity index (χ1) is 13.6. The molecule has 4 fully saturated rings. The molecule has 4 aliphatic rings. The van der Waals surface area contributed by atoms with Crippen molar-refractivity contribution in [2.45, 2.75) is 97.7 Å². The molecule has 0 bridgehead atoms. The molecule has 0 radical (unpaired) electrons.